The first-order chi connectivity index (χ1) is 19.1. The summed E-state index contributed by atoms with van der Waals surface area (Å²) in [5, 5.41) is 4.38. The third-order valence-electron chi connectivity index (χ3n) is 5.58. The maximum absolute atomic E-state index is 12.5. The lowest BCUT2D eigenvalue weighted by atomic mass is 10.1. The predicted molar refractivity (Wildman–Crippen MR) is 153 cm³/mol. The van der Waals surface area contributed by atoms with Gasteiger partial charge in [0, 0.05) is 16.3 Å². The molecule has 4 aromatic rings. The molecule has 0 bridgehead atoms. The number of anilines is 1. The summed E-state index contributed by atoms with van der Waals surface area (Å²) in [6, 6.07) is 23.4. The summed E-state index contributed by atoms with van der Waals surface area (Å²) in [6.45, 7) is 1.92. The minimum Gasteiger partial charge on any atom is -0.493 e. The van der Waals surface area contributed by atoms with Crippen LogP contribution < -0.4 is 19.6 Å². The normalized spacial score (nSPS) is 11.2. The summed E-state index contributed by atoms with van der Waals surface area (Å²) < 4.78 is 38.3. The molecule has 11 heteroatoms. The molecule has 4 aromatic carbocycles. The monoisotopic (exact) mass is 577 g/mol. The molecule has 0 radical (unpaired) electrons. The Hall–Kier alpha value is -4.67. The van der Waals surface area contributed by atoms with Crippen molar-refractivity contribution in [2.24, 2.45) is 5.10 Å². The van der Waals surface area contributed by atoms with Crippen LogP contribution in [0.15, 0.2) is 101 Å². The molecule has 0 aliphatic carbocycles. The SMILES string of the molecule is COc1cc(/C=N\NC(=O)c2ccc(NS(=O)(=O)c3ccc(Cl)cc3)cc2)ccc1OC(=O)c1ccc(C)cc1. The number of hydrazone groups is 1. The number of methoxy groups -OCH3 is 1. The van der Waals surface area contributed by atoms with Gasteiger partial charge in [0.15, 0.2) is 11.5 Å². The lowest BCUT2D eigenvalue weighted by molar-refractivity contribution is 0.0729. The number of rotatable bonds is 9. The van der Waals surface area contributed by atoms with E-state index in [9.17, 15) is 18.0 Å². The van der Waals surface area contributed by atoms with Gasteiger partial charge in [0.25, 0.3) is 15.9 Å². The zero-order valence-corrected chi connectivity index (χ0v) is 23.0. The molecule has 0 unspecified atom stereocenters. The number of sulfonamides is 1. The van der Waals surface area contributed by atoms with Gasteiger partial charge >= 0.3 is 5.97 Å². The molecule has 0 heterocycles. The molecule has 204 valence electrons. The van der Waals surface area contributed by atoms with E-state index in [0.29, 0.717) is 21.9 Å². The Morgan fingerprint density at radius 1 is 0.850 bits per heavy atom. The Kier molecular flexibility index (Phi) is 8.83. The summed E-state index contributed by atoms with van der Waals surface area (Å²) in [5.74, 6) is -0.469. The maximum atomic E-state index is 12.5. The maximum Gasteiger partial charge on any atom is 0.343 e. The Morgan fingerprint density at radius 2 is 1.50 bits per heavy atom. The molecule has 0 spiro atoms. The van der Waals surface area contributed by atoms with Crippen LogP contribution in [0.5, 0.6) is 11.5 Å². The van der Waals surface area contributed by atoms with Crippen LogP contribution in [0, 0.1) is 6.92 Å². The highest BCUT2D eigenvalue weighted by Crippen LogP contribution is 2.28. The number of amides is 1. The second-order valence-electron chi connectivity index (χ2n) is 8.50. The molecule has 0 aromatic heterocycles. The van der Waals surface area contributed by atoms with E-state index in [2.05, 4.69) is 15.2 Å². The van der Waals surface area contributed by atoms with Crippen molar-refractivity contribution in [3.05, 3.63) is 118 Å². The Balaban J connectivity index is 1.35. The third-order valence-corrected chi connectivity index (χ3v) is 7.23. The molecule has 0 aliphatic heterocycles. The Morgan fingerprint density at radius 3 is 2.15 bits per heavy atom. The van der Waals surface area contributed by atoms with Crippen LogP contribution in [-0.4, -0.2) is 33.6 Å². The van der Waals surface area contributed by atoms with Gasteiger partial charge in [-0.05, 0) is 91.3 Å². The molecule has 0 saturated carbocycles. The van der Waals surface area contributed by atoms with E-state index in [1.54, 1.807) is 30.3 Å². The quantitative estimate of drug-likeness (QED) is 0.118. The van der Waals surface area contributed by atoms with Crippen LogP contribution in [0.25, 0.3) is 0 Å². The molecule has 1 amide bonds. The molecular weight excluding hydrogens is 554 g/mol. The number of hydrogen-bond donors (Lipinski definition) is 2. The predicted octanol–water partition coefficient (Wildman–Crippen LogP) is 5.44. The van der Waals surface area contributed by atoms with Gasteiger partial charge in [-0.1, -0.05) is 29.3 Å². The van der Waals surface area contributed by atoms with E-state index in [0.717, 1.165) is 5.56 Å². The Bertz CT molecular complexity index is 1650. The lowest BCUT2D eigenvalue weighted by Gasteiger charge is -2.10. The van der Waals surface area contributed by atoms with Crippen molar-refractivity contribution >= 4 is 45.4 Å². The van der Waals surface area contributed by atoms with Crippen molar-refractivity contribution in [3.63, 3.8) is 0 Å². The van der Waals surface area contributed by atoms with Gasteiger partial charge in [-0.2, -0.15) is 5.10 Å². The summed E-state index contributed by atoms with van der Waals surface area (Å²) >= 11 is 5.81. The number of carbonyl (C=O) groups is 2. The highest BCUT2D eigenvalue weighted by molar-refractivity contribution is 7.92. The molecule has 2 N–H and O–H groups in total. The van der Waals surface area contributed by atoms with Gasteiger partial charge in [0.05, 0.1) is 23.8 Å². The fourth-order valence-corrected chi connectivity index (χ4v) is 4.63. The first-order valence-electron chi connectivity index (χ1n) is 11.8. The van der Waals surface area contributed by atoms with E-state index < -0.39 is 21.9 Å². The van der Waals surface area contributed by atoms with Gasteiger partial charge in [0.1, 0.15) is 0 Å². The second-order valence-corrected chi connectivity index (χ2v) is 10.6. The van der Waals surface area contributed by atoms with E-state index in [1.807, 2.05) is 19.1 Å². The number of carbonyl (C=O) groups excluding carboxylic acids is 2. The minimum atomic E-state index is -3.81. The number of aryl methyl sites for hydroxylation is 1. The highest BCUT2D eigenvalue weighted by Gasteiger charge is 2.15. The molecule has 0 aliphatic rings. The van der Waals surface area contributed by atoms with Crippen molar-refractivity contribution in [3.8, 4) is 11.5 Å². The van der Waals surface area contributed by atoms with Crippen LogP contribution in [0.3, 0.4) is 0 Å². The standard InChI is InChI=1S/C29H24ClN3O6S/c1-19-3-6-22(7-4-19)29(35)39-26-16-5-20(17-27(26)38-2)18-31-32-28(34)21-8-12-24(13-9-21)33-40(36,37)25-14-10-23(30)11-15-25/h3-18,33H,1-2H3,(H,32,34)/b31-18-. The fourth-order valence-electron chi connectivity index (χ4n) is 3.44. The van der Waals surface area contributed by atoms with Crippen molar-refractivity contribution in [1.29, 1.82) is 0 Å². The van der Waals surface area contributed by atoms with Crippen LogP contribution in [0.2, 0.25) is 5.02 Å². The van der Waals surface area contributed by atoms with Gasteiger partial charge in [-0.25, -0.2) is 18.6 Å². The molecule has 4 rings (SSSR count). The largest absolute Gasteiger partial charge is 0.493 e. The molecular formula is C29H24ClN3O6S. The molecule has 0 saturated heterocycles. The van der Waals surface area contributed by atoms with Gasteiger partial charge in [-0.3, -0.25) is 9.52 Å². The zero-order valence-electron chi connectivity index (χ0n) is 21.4. The summed E-state index contributed by atoms with van der Waals surface area (Å²) in [6.07, 6.45) is 1.40. The summed E-state index contributed by atoms with van der Waals surface area (Å²) in [7, 11) is -2.37. The third kappa shape index (κ3) is 7.25. The number of ether oxygens (including phenoxy) is 2. The smallest absolute Gasteiger partial charge is 0.343 e. The molecule has 0 atom stereocenters. The number of esters is 1. The second kappa shape index (κ2) is 12.5. The minimum absolute atomic E-state index is 0.0575. The summed E-state index contributed by atoms with van der Waals surface area (Å²) in [4.78, 5) is 25.0. The number of halogens is 1. The molecule has 40 heavy (non-hydrogen) atoms. The zero-order chi connectivity index (χ0) is 28.7. The number of nitrogens with zero attached hydrogens (tertiary/aromatic N) is 1. The van der Waals surface area contributed by atoms with E-state index >= 15 is 0 Å². The average molecular weight is 578 g/mol. The number of benzene rings is 4. The fraction of sp³-hybridized carbons (Fsp3) is 0.0690. The van der Waals surface area contributed by atoms with Crippen LogP contribution in [-0.2, 0) is 10.0 Å². The van der Waals surface area contributed by atoms with Crippen molar-refractivity contribution < 1.29 is 27.5 Å². The number of hydrogen-bond acceptors (Lipinski definition) is 7. The van der Waals surface area contributed by atoms with Crippen LogP contribution >= 0.6 is 11.6 Å². The van der Waals surface area contributed by atoms with Gasteiger partial charge < -0.3 is 9.47 Å². The van der Waals surface area contributed by atoms with Crippen molar-refractivity contribution in [2.45, 2.75) is 11.8 Å². The van der Waals surface area contributed by atoms with Gasteiger partial charge in [0.2, 0.25) is 0 Å². The highest BCUT2D eigenvalue weighted by atomic mass is 35.5. The van der Waals surface area contributed by atoms with Crippen LogP contribution in [0.4, 0.5) is 5.69 Å². The first-order valence-corrected chi connectivity index (χ1v) is 13.7. The Labute approximate surface area is 236 Å². The van der Waals surface area contributed by atoms with Crippen LogP contribution in [0.1, 0.15) is 31.8 Å². The van der Waals surface area contributed by atoms with E-state index in [4.69, 9.17) is 21.1 Å². The molecule has 0 fully saturated rings. The summed E-state index contributed by atoms with van der Waals surface area (Å²) in [5.41, 5.74) is 4.98. The van der Waals surface area contributed by atoms with Crippen molar-refractivity contribution in [1.82, 2.24) is 5.43 Å². The van der Waals surface area contributed by atoms with Crippen molar-refractivity contribution in [2.75, 3.05) is 11.8 Å². The van der Waals surface area contributed by atoms with Gasteiger partial charge in [-0.15, -0.1) is 0 Å². The van der Waals surface area contributed by atoms with E-state index in [1.165, 1.54) is 61.9 Å². The average Bonchev–Trinajstić information content (AvgIpc) is 2.94. The first kappa shape index (κ1) is 28.3. The lowest BCUT2D eigenvalue weighted by Crippen LogP contribution is -2.18. The topological polar surface area (TPSA) is 123 Å². The number of nitrogens with one attached hydrogen (secondary N) is 2. The molecule has 9 nitrogen and oxygen atoms in total. The van der Waals surface area contributed by atoms with E-state index in [-0.39, 0.29) is 21.9 Å².